The van der Waals surface area contributed by atoms with Gasteiger partial charge in [-0.3, -0.25) is 4.79 Å². The van der Waals surface area contributed by atoms with Gasteiger partial charge in [-0.1, -0.05) is 29.3 Å². The molecule has 0 saturated carbocycles. The average molecular weight is 403 g/mol. The van der Waals surface area contributed by atoms with Gasteiger partial charge in [0.1, 0.15) is 11.6 Å². The maximum Gasteiger partial charge on any atom is 0.337 e. The molecule has 0 fully saturated rings. The standard InChI is InChI=1S/C18H12Cl2N4O3/c19-12-2-1-3-13(20)16(12)17(25)23-11-6-7-21-15(8-11)24-14-5-4-10(9-22-14)18(26)27/h1-9H,(H,26,27)(H2,21,22,23,24,25). The fourth-order valence-electron chi connectivity index (χ4n) is 2.21. The molecule has 0 aliphatic carbocycles. The summed E-state index contributed by atoms with van der Waals surface area (Å²) in [6.07, 6.45) is 2.73. The molecule has 3 aromatic rings. The molecule has 0 spiro atoms. The van der Waals surface area contributed by atoms with E-state index in [1.807, 2.05) is 0 Å². The van der Waals surface area contributed by atoms with Gasteiger partial charge < -0.3 is 15.7 Å². The second kappa shape index (κ2) is 8.03. The molecule has 0 radical (unpaired) electrons. The van der Waals surface area contributed by atoms with Crippen molar-refractivity contribution in [3.8, 4) is 0 Å². The molecule has 2 heterocycles. The molecule has 0 atom stereocenters. The van der Waals surface area contributed by atoms with Crippen LogP contribution in [0.15, 0.2) is 54.9 Å². The molecule has 0 aliphatic rings. The van der Waals surface area contributed by atoms with Gasteiger partial charge in [-0.15, -0.1) is 0 Å². The van der Waals surface area contributed by atoms with Crippen LogP contribution in [0.5, 0.6) is 0 Å². The van der Waals surface area contributed by atoms with E-state index in [1.54, 1.807) is 30.3 Å². The lowest BCUT2D eigenvalue weighted by molar-refractivity contribution is 0.0696. The molecule has 0 bridgehead atoms. The van der Waals surface area contributed by atoms with Gasteiger partial charge in [0.05, 0.1) is 21.2 Å². The Labute approximate surface area is 164 Å². The normalized spacial score (nSPS) is 10.3. The van der Waals surface area contributed by atoms with Crippen LogP contribution in [0.3, 0.4) is 0 Å². The molecule has 2 aromatic heterocycles. The van der Waals surface area contributed by atoms with Crippen molar-refractivity contribution in [1.29, 1.82) is 0 Å². The summed E-state index contributed by atoms with van der Waals surface area (Å²) in [5.41, 5.74) is 0.722. The first-order chi connectivity index (χ1) is 12.9. The maximum atomic E-state index is 12.4. The molecule has 1 amide bonds. The van der Waals surface area contributed by atoms with E-state index in [0.29, 0.717) is 17.3 Å². The van der Waals surface area contributed by atoms with Gasteiger partial charge in [-0.05, 0) is 30.3 Å². The van der Waals surface area contributed by atoms with E-state index in [4.69, 9.17) is 28.3 Å². The third-order valence-corrected chi connectivity index (χ3v) is 4.10. The lowest BCUT2D eigenvalue weighted by Gasteiger charge is -2.10. The topological polar surface area (TPSA) is 104 Å². The first kappa shape index (κ1) is 18.6. The number of amides is 1. The van der Waals surface area contributed by atoms with Gasteiger partial charge in [-0.25, -0.2) is 14.8 Å². The predicted octanol–water partition coefficient (Wildman–Crippen LogP) is 4.48. The number of carbonyl (C=O) groups excluding carboxylic acids is 1. The minimum Gasteiger partial charge on any atom is -0.478 e. The number of benzene rings is 1. The van der Waals surface area contributed by atoms with Crippen molar-refractivity contribution in [2.75, 3.05) is 10.6 Å². The number of halogens is 2. The molecule has 0 unspecified atom stereocenters. The number of aromatic nitrogens is 2. The van der Waals surface area contributed by atoms with E-state index >= 15 is 0 Å². The van der Waals surface area contributed by atoms with Crippen molar-refractivity contribution >= 4 is 52.4 Å². The number of hydrogen-bond donors (Lipinski definition) is 3. The molecular weight excluding hydrogens is 391 g/mol. The molecule has 0 saturated heterocycles. The Hall–Kier alpha value is -3.16. The van der Waals surface area contributed by atoms with Gasteiger partial charge >= 0.3 is 5.97 Å². The molecule has 136 valence electrons. The number of nitrogens with zero attached hydrogens (tertiary/aromatic N) is 2. The fraction of sp³-hybridized carbons (Fsp3) is 0. The molecule has 9 heteroatoms. The minimum atomic E-state index is -1.06. The number of carboxylic acid groups (broad SMARTS) is 1. The van der Waals surface area contributed by atoms with Crippen LogP contribution in [-0.2, 0) is 0 Å². The molecular formula is C18H12Cl2N4O3. The number of nitrogens with one attached hydrogen (secondary N) is 2. The van der Waals surface area contributed by atoms with Crippen LogP contribution in [0.4, 0.5) is 17.3 Å². The summed E-state index contributed by atoms with van der Waals surface area (Å²) in [5.74, 6) is -0.694. The number of anilines is 3. The summed E-state index contributed by atoms with van der Waals surface area (Å²) in [6.45, 7) is 0. The number of carbonyl (C=O) groups is 2. The highest BCUT2D eigenvalue weighted by atomic mass is 35.5. The number of aromatic carboxylic acids is 1. The lowest BCUT2D eigenvalue weighted by Crippen LogP contribution is -2.13. The summed E-state index contributed by atoms with van der Waals surface area (Å²) < 4.78 is 0. The molecule has 0 aliphatic heterocycles. The van der Waals surface area contributed by atoms with Crippen LogP contribution in [-0.4, -0.2) is 27.0 Å². The summed E-state index contributed by atoms with van der Waals surface area (Å²) in [7, 11) is 0. The highest BCUT2D eigenvalue weighted by Gasteiger charge is 2.15. The molecule has 7 nitrogen and oxygen atoms in total. The third kappa shape index (κ3) is 4.52. The lowest BCUT2D eigenvalue weighted by atomic mass is 10.2. The second-order valence-corrected chi connectivity index (χ2v) is 6.16. The van der Waals surface area contributed by atoms with Crippen LogP contribution >= 0.6 is 23.2 Å². The fourth-order valence-corrected chi connectivity index (χ4v) is 2.78. The quantitative estimate of drug-likeness (QED) is 0.581. The van der Waals surface area contributed by atoms with Crippen molar-refractivity contribution in [2.24, 2.45) is 0 Å². The third-order valence-electron chi connectivity index (χ3n) is 3.47. The molecule has 3 rings (SSSR count). The molecule has 27 heavy (non-hydrogen) atoms. The molecule has 3 N–H and O–H groups in total. The Morgan fingerprint density at radius 3 is 2.33 bits per heavy atom. The van der Waals surface area contributed by atoms with Crippen LogP contribution in [0.1, 0.15) is 20.7 Å². The van der Waals surface area contributed by atoms with Crippen molar-refractivity contribution in [2.45, 2.75) is 0 Å². The van der Waals surface area contributed by atoms with Gasteiger partial charge in [0.2, 0.25) is 0 Å². The van der Waals surface area contributed by atoms with E-state index in [1.165, 1.54) is 24.5 Å². The summed E-state index contributed by atoms with van der Waals surface area (Å²) in [4.78, 5) is 31.4. The Bertz CT molecular complexity index is 989. The van der Waals surface area contributed by atoms with E-state index in [2.05, 4.69) is 20.6 Å². The summed E-state index contributed by atoms with van der Waals surface area (Å²) in [6, 6.07) is 10.9. The minimum absolute atomic E-state index is 0.0751. The van der Waals surface area contributed by atoms with Crippen molar-refractivity contribution in [3.63, 3.8) is 0 Å². The van der Waals surface area contributed by atoms with E-state index in [-0.39, 0.29) is 21.2 Å². The maximum absolute atomic E-state index is 12.4. The number of pyridine rings is 2. The number of hydrogen-bond acceptors (Lipinski definition) is 5. The van der Waals surface area contributed by atoms with Crippen molar-refractivity contribution in [3.05, 3.63) is 76.0 Å². The number of rotatable bonds is 5. The van der Waals surface area contributed by atoms with Crippen LogP contribution in [0, 0.1) is 0 Å². The Balaban J connectivity index is 1.75. The van der Waals surface area contributed by atoms with E-state index in [9.17, 15) is 9.59 Å². The summed E-state index contributed by atoms with van der Waals surface area (Å²) in [5, 5.41) is 15.0. The van der Waals surface area contributed by atoms with Gasteiger partial charge in [0.15, 0.2) is 0 Å². The van der Waals surface area contributed by atoms with Gasteiger partial charge in [0.25, 0.3) is 5.91 Å². The van der Waals surface area contributed by atoms with Gasteiger partial charge in [-0.2, -0.15) is 0 Å². The van der Waals surface area contributed by atoms with Crippen molar-refractivity contribution < 1.29 is 14.7 Å². The van der Waals surface area contributed by atoms with Crippen LogP contribution in [0.2, 0.25) is 10.0 Å². The first-order valence-electron chi connectivity index (χ1n) is 7.62. The predicted molar refractivity (Wildman–Crippen MR) is 103 cm³/mol. The Morgan fingerprint density at radius 2 is 1.70 bits per heavy atom. The van der Waals surface area contributed by atoms with Crippen LogP contribution in [0.25, 0.3) is 0 Å². The second-order valence-electron chi connectivity index (χ2n) is 5.34. The zero-order chi connectivity index (χ0) is 19.4. The molecule has 1 aromatic carbocycles. The monoisotopic (exact) mass is 402 g/mol. The van der Waals surface area contributed by atoms with Crippen molar-refractivity contribution in [1.82, 2.24) is 9.97 Å². The SMILES string of the molecule is O=C(O)c1ccc(Nc2cc(NC(=O)c3c(Cl)cccc3Cl)ccn2)nc1. The smallest absolute Gasteiger partial charge is 0.337 e. The summed E-state index contributed by atoms with van der Waals surface area (Å²) >= 11 is 12.1. The highest BCUT2D eigenvalue weighted by Crippen LogP contribution is 2.25. The zero-order valence-electron chi connectivity index (χ0n) is 13.6. The number of carboxylic acids is 1. The Morgan fingerprint density at radius 1 is 0.963 bits per heavy atom. The average Bonchev–Trinajstić information content (AvgIpc) is 2.62. The Kier molecular flexibility index (Phi) is 5.54. The first-order valence-corrected chi connectivity index (χ1v) is 8.37. The van der Waals surface area contributed by atoms with Crippen LogP contribution < -0.4 is 10.6 Å². The van der Waals surface area contributed by atoms with E-state index in [0.717, 1.165) is 0 Å². The highest BCUT2D eigenvalue weighted by molar-refractivity contribution is 6.40. The largest absolute Gasteiger partial charge is 0.478 e. The van der Waals surface area contributed by atoms with E-state index < -0.39 is 11.9 Å². The zero-order valence-corrected chi connectivity index (χ0v) is 15.1. The van der Waals surface area contributed by atoms with Gasteiger partial charge in [0, 0.05) is 24.1 Å².